The summed E-state index contributed by atoms with van der Waals surface area (Å²) in [5.74, 6) is 0. The largest absolute Gasteiger partial charge is 0.311 e. The third-order valence-corrected chi connectivity index (χ3v) is 1.96. The van der Waals surface area contributed by atoms with Crippen LogP contribution in [0.15, 0.2) is 0 Å². The second-order valence-electron chi connectivity index (χ2n) is 2.46. The van der Waals surface area contributed by atoms with Gasteiger partial charge in [0.2, 0.25) is 0 Å². The molecule has 2 rings (SSSR count). The van der Waals surface area contributed by atoms with E-state index in [4.69, 9.17) is 0 Å². The highest BCUT2D eigenvalue weighted by atomic mass is 15.1. The second kappa shape index (κ2) is 0.648. The summed E-state index contributed by atoms with van der Waals surface area (Å²) in [6.07, 6.45) is 4.35. The Morgan fingerprint density at radius 2 is 1.83 bits per heavy atom. The molecule has 0 aromatic rings. The summed E-state index contributed by atoms with van der Waals surface area (Å²) >= 11 is 0. The molecule has 0 radical (unpaired) electrons. The molecule has 1 saturated heterocycles. The summed E-state index contributed by atoms with van der Waals surface area (Å²) in [6, 6.07) is 0. The Kier molecular flexibility index (Phi) is 0.327. The van der Waals surface area contributed by atoms with Crippen molar-refractivity contribution in [1.82, 2.24) is 5.32 Å². The quantitative estimate of drug-likeness (QED) is 0.450. The molecule has 1 heteroatoms. The van der Waals surface area contributed by atoms with Gasteiger partial charge in [0, 0.05) is 5.54 Å². The average Bonchev–Trinajstić information content (AvgIpc) is 2.02. The number of hydrogen-bond acceptors (Lipinski definition) is 1. The predicted molar refractivity (Wildman–Crippen MR) is 24.6 cm³/mol. The van der Waals surface area contributed by atoms with Crippen LogP contribution in [-0.2, 0) is 0 Å². The molecule has 34 valence electrons. The Balaban J connectivity index is 2.09. The number of nitrogens with one attached hydrogen (secondary N) is 1. The van der Waals surface area contributed by atoms with Gasteiger partial charge in [-0.3, -0.25) is 0 Å². The highest BCUT2D eigenvalue weighted by Crippen LogP contribution is 2.43. The first-order chi connectivity index (χ1) is 2.91. The molecule has 2 fully saturated rings. The molecule has 1 aliphatic carbocycles. The molecule has 0 amide bonds. The SMILES string of the molecule is C1CC2(CC2)N1. The molecule has 6 heavy (non-hydrogen) atoms. The van der Waals surface area contributed by atoms with Crippen molar-refractivity contribution in [1.29, 1.82) is 0 Å². The zero-order valence-corrected chi connectivity index (χ0v) is 3.83. The van der Waals surface area contributed by atoms with Gasteiger partial charge in [0.05, 0.1) is 0 Å². The molecule has 1 spiro atoms. The van der Waals surface area contributed by atoms with Crippen LogP contribution in [0.4, 0.5) is 0 Å². The van der Waals surface area contributed by atoms with Crippen molar-refractivity contribution >= 4 is 0 Å². The van der Waals surface area contributed by atoms with Gasteiger partial charge in [0.25, 0.3) is 0 Å². The summed E-state index contributed by atoms with van der Waals surface area (Å²) in [5, 5.41) is 3.40. The Morgan fingerprint density at radius 3 is 1.83 bits per heavy atom. The molecule has 1 aliphatic heterocycles. The fourth-order valence-corrected chi connectivity index (χ4v) is 1.06. The third kappa shape index (κ3) is 0.207. The average molecular weight is 83.1 g/mol. The molecule has 1 heterocycles. The minimum Gasteiger partial charge on any atom is -0.311 e. The van der Waals surface area contributed by atoms with Crippen molar-refractivity contribution in [3.8, 4) is 0 Å². The first kappa shape index (κ1) is 3.03. The van der Waals surface area contributed by atoms with Gasteiger partial charge in [-0.05, 0) is 25.8 Å². The Bertz CT molecular complexity index is 68.0. The molecule has 2 aliphatic rings. The molecule has 1 N–H and O–H groups in total. The lowest BCUT2D eigenvalue weighted by molar-refractivity contribution is 0.350. The lowest BCUT2D eigenvalue weighted by Gasteiger charge is -2.26. The van der Waals surface area contributed by atoms with Gasteiger partial charge in [-0.15, -0.1) is 0 Å². The topological polar surface area (TPSA) is 12.0 Å². The highest BCUT2D eigenvalue weighted by Gasteiger charge is 2.46. The van der Waals surface area contributed by atoms with E-state index in [2.05, 4.69) is 5.32 Å². The third-order valence-electron chi connectivity index (χ3n) is 1.96. The zero-order valence-electron chi connectivity index (χ0n) is 3.83. The van der Waals surface area contributed by atoms with Gasteiger partial charge >= 0.3 is 0 Å². The van der Waals surface area contributed by atoms with E-state index in [1.807, 2.05) is 0 Å². The van der Waals surface area contributed by atoms with Crippen LogP contribution in [0.5, 0.6) is 0 Å². The summed E-state index contributed by atoms with van der Waals surface area (Å²) in [5.41, 5.74) is 0.722. The van der Waals surface area contributed by atoms with Crippen molar-refractivity contribution in [2.75, 3.05) is 6.54 Å². The summed E-state index contributed by atoms with van der Waals surface area (Å²) < 4.78 is 0. The molecule has 1 saturated carbocycles. The predicted octanol–water partition coefficient (Wildman–Crippen LogP) is 0.512. The first-order valence-electron chi connectivity index (χ1n) is 2.66. The summed E-state index contributed by atoms with van der Waals surface area (Å²) in [6.45, 7) is 1.28. The smallest absolute Gasteiger partial charge is 0.0195 e. The van der Waals surface area contributed by atoms with Gasteiger partial charge in [0.1, 0.15) is 0 Å². The van der Waals surface area contributed by atoms with E-state index in [9.17, 15) is 0 Å². The van der Waals surface area contributed by atoms with Gasteiger partial charge in [-0.1, -0.05) is 0 Å². The molecule has 0 aromatic carbocycles. The minimum absolute atomic E-state index is 0.722. The van der Waals surface area contributed by atoms with E-state index in [1.165, 1.54) is 25.8 Å². The van der Waals surface area contributed by atoms with Gasteiger partial charge < -0.3 is 5.32 Å². The fraction of sp³-hybridized carbons (Fsp3) is 1.00. The molecular formula is C5H9N. The molecule has 0 aromatic heterocycles. The Hall–Kier alpha value is -0.0400. The van der Waals surface area contributed by atoms with E-state index in [0.717, 1.165) is 5.54 Å². The monoisotopic (exact) mass is 83.1 g/mol. The van der Waals surface area contributed by atoms with Crippen molar-refractivity contribution in [3.63, 3.8) is 0 Å². The first-order valence-corrected chi connectivity index (χ1v) is 2.66. The molecule has 0 bridgehead atoms. The fourth-order valence-electron chi connectivity index (χ4n) is 1.06. The standard InChI is InChI=1S/C5H9N/c1-2-5(1)3-4-6-5/h6H,1-4H2. The van der Waals surface area contributed by atoms with E-state index >= 15 is 0 Å². The maximum absolute atomic E-state index is 3.40. The van der Waals surface area contributed by atoms with E-state index < -0.39 is 0 Å². The van der Waals surface area contributed by atoms with Crippen LogP contribution in [0.2, 0.25) is 0 Å². The number of rotatable bonds is 0. The maximum atomic E-state index is 3.40. The summed E-state index contributed by atoms with van der Waals surface area (Å²) in [7, 11) is 0. The van der Waals surface area contributed by atoms with Crippen molar-refractivity contribution in [2.24, 2.45) is 0 Å². The van der Waals surface area contributed by atoms with E-state index in [-0.39, 0.29) is 0 Å². The summed E-state index contributed by atoms with van der Waals surface area (Å²) in [4.78, 5) is 0. The van der Waals surface area contributed by atoms with Crippen molar-refractivity contribution in [3.05, 3.63) is 0 Å². The Morgan fingerprint density at radius 1 is 1.17 bits per heavy atom. The molecule has 0 atom stereocenters. The van der Waals surface area contributed by atoms with E-state index in [0.29, 0.717) is 0 Å². The van der Waals surface area contributed by atoms with Crippen molar-refractivity contribution < 1.29 is 0 Å². The van der Waals surface area contributed by atoms with Crippen LogP contribution in [0.1, 0.15) is 19.3 Å². The van der Waals surface area contributed by atoms with Crippen LogP contribution < -0.4 is 5.32 Å². The minimum atomic E-state index is 0.722. The van der Waals surface area contributed by atoms with Gasteiger partial charge in [-0.25, -0.2) is 0 Å². The lowest BCUT2D eigenvalue weighted by Crippen LogP contribution is -2.45. The van der Waals surface area contributed by atoms with Crippen LogP contribution in [0.3, 0.4) is 0 Å². The van der Waals surface area contributed by atoms with Gasteiger partial charge in [0.15, 0.2) is 0 Å². The van der Waals surface area contributed by atoms with Crippen LogP contribution in [0, 0.1) is 0 Å². The van der Waals surface area contributed by atoms with Crippen LogP contribution in [-0.4, -0.2) is 12.1 Å². The Labute approximate surface area is 37.7 Å². The molecular weight excluding hydrogens is 74.1 g/mol. The van der Waals surface area contributed by atoms with Crippen molar-refractivity contribution in [2.45, 2.75) is 24.8 Å². The highest BCUT2D eigenvalue weighted by molar-refractivity contribution is 5.08. The van der Waals surface area contributed by atoms with Crippen LogP contribution >= 0.6 is 0 Å². The van der Waals surface area contributed by atoms with E-state index in [1.54, 1.807) is 0 Å². The maximum Gasteiger partial charge on any atom is 0.0195 e. The molecule has 0 unspecified atom stereocenters. The lowest BCUT2D eigenvalue weighted by atomic mass is 10.1. The zero-order chi connectivity index (χ0) is 4.04. The van der Waals surface area contributed by atoms with Crippen LogP contribution in [0.25, 0.3) is 0 Å². The molecule has 1 nitrogen and oxygen atoms in total. The normalized spacial score (nSPS) is 36.0. The number of hydrogen-bond donors (Lipinski definition) is 1. The second-order valence-corrected chi connectivity index (χ2v) is 2.46. The van der Waals surface area contributed by atoms with Gasteiger partial charge in [-0.2, -0.15) is 0 Å².